The molecule has 1 aliphatic rings. The molecule has 1 saturated heterocycles. The van der Waals surface area contributed by atoms with Gasteiger partial charge in [-0.25, -0.2) is 0 Å². The van der Waals surface area contributed by atoms with Gasteiger partial charge in [0.1, 0.15) is 0 Å². The minimum absolute atomic E-state index is 0.0237. The van der Waals surface area contributed by atoms with Crippen LogP contribution in [0.4, 0.5) is 0 Å². The highest BCUT2D eigenvalue weighted by Gasteiger charge is 2.21. The van der Waals surface area contributed by atoms with E-state index in [1.165, 1.54) is 0 Å². The van der Waals surface area contributed by atoms with Crippen molar-refractivity contribution in [2.24, 2.45) is 5.16 Å². The van der Waals surface area contributed by atoms with Gasteiger partial charge < -0.3 is 10.1 Å². The number of rotatable bonds is 1. The van der Waals surface area contributed by atoms with E-state index in [0.29, 0.717) is 41.0 Å². The highest BCUT2D eigenvalue weighted by Crippen LogP contribution is 2.24. The standard InChI is InChI=1S/C12H12BrClN2O2/c13-10-7-8(1-2-11(10)14)12(17)16-5-3-9(15-18)4-6-16/h1-2,7,18H,3-6H2. The van der Waals surface area contributed by atoms with Crippen LogP contribution in [-0.2, 0) is 0 Å². The van der Waals surface area contributed by atoms with Gasteiger partial charge in [0.05, 0.1) is 10.7 Å². The lowest BCUT2D eigenvalue weighted by Gasteiger charge is -2.27. The summed E-state index contributed by atoms with van der Waals surface area (Å²) in [5.74, 6) is -0.0237. The molecule has 0 spiro atoms. The van der Waals surface area contributed by atoms with Crippen LogP contribution >= 0.6 is 27.5 Å². The minimum Gasteiger partial charge on any atom is -0.411 e. The summed E-state index contributed by atoms with van der Waals surface area (Å²) in [6.07, 6.45) is 1.24. The van der Waals surface area contributed by atoms with Crippen LogP contribution < -0.4 is 0 Å². The third-order valence-corrected chi connectivity index (χ3v) is 4.15. The molecule has 1 aromatic carbocycles. The van der Waals surface area contributed by atoms with Crippen molar-refractivity contribution in [1.29, 1.82) is 0 Å². The minimum atomic E-state index is -0.0237. The normalized spacial score (nSPS) is 15.7. The summed E-state index contributed by atoms with van der Waals surface area (Å²) in [5.41, 5.74) is 1.35. The smallest absolute Gasteiger partial charge is 0.253 e. The highest BCUT2D eigenvalue weighted by atomic mass is 79.9. The fraction of sp³-hybridized carbons (Fsp3) is 0.333. The van der Waals surface area contributed by atoms with E-state index in [0.717, 1.165) is 5.71 Å². The monoisotopic (exact) mass is 330 g/mol. The Hall–Kier alpha value is -1.07. The summed E-state index contributed by atoms with van der Waals surface area (Å²) < 4.78 is 0.713. The quantitative estimate of drug-likeness (QED) is 0.635. The van der Waals surface area contributed by atoms with Crippen molar-refractivity contribution >= 4 is 39.1 Å². The number of carbonyl (C=O) groups is 1. The Morgan fingerprint density at radius 3 is 2.61 bits per heavy atom. The number of hydrogen-bond acceptors (Lipinski definition) is 3. The van der Waals surface area contributed by atoms with Crippen molar-refractivity contribution in [3.8, 4) is 0 Å². The van der Waals surface area contributed by atoms with E-state index < -0.39 is 0 Å². The molecule has 0 bridgehead atoms. The average Bonchev–Trinajstić information content (AvgIpc) is 2.41. The van der Waals surface area contributed by atoms with E-state index in [9.17, 15) is 4.79 Å². The summed E-state index contributed by atoms with van der Waals surface area (Å²) >= 11 is 9.20. The van der Waals surface area contributed by atoms with Crippen molar-refractivity contribution in [3.05, 3.63) is 33.3 Å². The summed E-state index contributed by atoms with van der Waals surface area (Å²) in [4.78, 5) is 14.0. The molecule has 1 amide bonds. The average molecular weight is 332 g/mol. The zero-order valence-electron chi connectivity index (χ0n) is 9.57. The molecule has 2 rings (SSSR count). The molecule has 1 N–H and O–H groups in total. The molecule has 0 atom stereocenters. The maximum absolute atomic E-state index is 12.2. The Morgan fingerprint density at radius 1 is 1.39 bits per heavy atom. The molecule has 96 valence electrons. The van der Waals surface area contributed by atoms with Gasteiger partial charge >= 0.3 is 0 Å². The molecular formula is C12H12BrClN2O2. The molecule has 0 radical (unpaired) electrons. The Morgan fingerprint density at radius 2 is 2.06 bits per heavy atom. The molecule has 18 heavy (non-hydrogen) atoms. The van der Waals surface area contributed by atoms with Crippen molar-refractivity contribution in [3.63, 3.8) is 0 Å². The molecule has 0 aromatic heterocycles. The number of nitrogens with zero attached hydrogens (tertiary/aromatic N) is 2. The number of likely N-dealkylation sites (tertiary alicyclic amines) is 1. The maximum atomic E-state index is 12.2. The van der Waals surface area contributed by atoms with E-state index in [1.54, 1.807) is 23.1 Å². The Labute approximate surface area is 118 Å². The third kappa shape index (κ3) is 2.84. The lowest BCUT2D eigenvalue weighted by atomic mass is 10.1. The highest BCUT2D eigenvalue weighted by molar-refractivity contribution is 9.10. The van der Waals surface area contributed by atoms with Crippen LogP contribution in [0.25, 0.3) is 0 Å². The van der Waals surface area contributed by atoms with E-state index in [2.05, 4.69) is 21.1 Å². The van der Waals surface area contributed by atoms with Gasteiger partial charge in [-0.1, -0.05) is 16.8 Å². The predicted octanol–water partition coefficient (Wildman–Crippen LogP) is 3.17. The van der Waals surface area contributed by atoms with Gasteiger partial charge in [0.25, 0.3) is 5.91 Å². The number of halogens is 2. The molecule has 0 saturated carbocycles. The molecule has 6 heteroatoms. The van der Waals surface area contributed by atoms with Crippen LogP contribution in [-0.4, -0.2) is 34.8 Å². The predicted molar refractivity (Wildman–Crippen MR) is 73.5 cm³/mol. The third-order valence-electron chi connectivity index (χ3n) is 2.94. The first-order valence-corrected chi connectivity index (χ1v) is 6.73. The largest absolute Gasteiger partial charge is 0.411 e. The maximum Gasteiger partial charge on any atom is 0.253 e. The van der Waals surface area contributed by atoms with Gasteiger partial charge in [0.15, 0.2) is 0 Å². The van der Waals surface area contributed by atoms with E-state index >= 15 is 0 Å². The molecule has 4 nitrogen and oxygen atoms in total. The van der Waals surface area contributed by atoms with Crippen molar-refractivity contribution in [2.75, 3.05) is 13.1 Å². The molecule has 1 aliphatic heterocycles. The lowest BCUT2D eigenvalue weighted by Crippen LogP contribution is -2.38. The van der Waals surface area contributed by atoms with Crippen LogP contribution in [0.2, 0.25) is 5.02 Å². The van der Waals surface area contributed by atoms with Gasteiger partial charge in [-0.2, -0.15) is 0 Å². The lowest BCUT2D eigenvalue weighted by molar-refractivity contribution is 0.0753. The molecule has 1 heterocycles. The van der Waals surface area contributed by atoms with Crippen molar-refractivity contribution in [2.45, 2.75) is 12.8 Å². The van der Waals surface area contributed by atoms with E-state index in [1.807, 2.05) is 0 Å². The Bertz CT molecular complexity index is 495. The summed E-state index contributed by atoms with van der Waals surface area (Å²) in [6, 6.07) is 5.13. The van der Waals surface area contributed by atoms with Crippen LogP contribution in [0.5, 0.6) is 0 Å². The van der Waals surface area contributed by atoms with Crippen LogP contribution in [0.15, 0.2) is 27.8 Å². The topological polar surface area (TPSA) is 52.9 Å². The second-order valence-corrected chi connectivity index (χ2v) is 5.35. The zero-order chi connectivity index (χ0) is 13.1. The SMILES string of the molecule is O=C(c1ccc(Cl)c(Br)c1)N1CCC(=NO)CC1. The second-order valence-electron chi connectivity index (χ2n) is 4.09. The zero-order valence-corrected chi connectivity index (χ0v) is 11.9. The first-order valence-electron chi connectivity index (χ1n) is 5.56. The molecule has 0 aliphatic carbocycles. The number of amides is 1. The second kappa shape index (κ2) is 5.71. The number of benzene rings is 1. The summed E-state index contributed by atoms with van der Waals surface area (Å²) in [5, 5.41) is 12.4. The molecular weight excluding hydrogens is 320 g/mol. The van der Waals surface area contributed by atoms with Crippen LogP contribution in [0.1, 0.15) is 23.2 Å². The molecule has 1 aromatic rings. The van der Waals surface area contributed by atoms with Gasteiger partial charge in [-0.15, -0.1) is 0 Å². The van der Waals surface area contributed by atoms with Gasteiger partial charge in [-0.05, 0) is 34.1 Å². The number of hydrogen-bond donors (Lipinski definition) is 1. The molecule has 0 unspecified atom stereocenters. The van der Waals surface area contributed by atoms with Gasteiger partial charge in [-0.3, -0.25) is 4.79 Å². The van der Waals surface area contributed by atoms with Crippen molar-refractivity contribution in [1.82, 2.24) is 4.90 Å². The Balaban J connectivity index is 2.10. The van der Waals surface area contributed by atoms with E-state index in [-0.39, 0.29) is 5.91 Å². The summed E-state index contributed by atoms with van der Waals surface area (Å²) in [6.45, 7) is 1.16. The first kappa shape index (κ1) is 13.4. The van der Waals surface area contributed by atoms with Gasteiger partial charge in [0.2, 0.25) is 0 Å². The van der Waals surface area contributed by atoms with Crippen molar-refractivity contribution < 1.29 is 10.0 Å². The fourth-order valence-electron chi connectivity index (χ4n) is 1.88. The first-order chi connectivity index (χ1) is 8.61. The number of oxime groups is 1. The number of carbonyl (C=O) groups excluding carboxylic acids is 1. The Kier molecular flexibility index (Phi) is 4.24. The summed E-state index contributed by atoms with van der Waals surface area (Å²) in [7, 11) is 0. The van der Waals surface area contributed by atoms with Gasteiger partial charge in [0, 0.05) is 36.0 Å². The van der Waals surface area contributed by atoms with Crippen LogP contribution in [0, 0.1) is 0 Å². The van der Waals surface area contributed by atoms with Crippen LogP contribution in [0.3, 0.4) is 0 Å². The van der Waals surface area contributed by atoms with E-state index in [4.69, 9.17) is 16.8 Å². The molecule has 1 fully saturated rings. The fourth-order valence-corrected chi connectivity index (χ4v) is 2.38. The number of piperidine rings is 1.